The van der Waals surface area contributed by atoms with Crippen LogP contribution in [0.25, 0.3) is 0 Å². The van der Waals surface area contributed by atoms with Crippen molar-refractivity contribution in [1.29, 1.82) is 0 Å². The van der Waals surface area contributed by atoms with Crippen LogP contribution in [0.3, 0.4) is 0 Å². The summed E-state index contributed by atoms with van der Waals surface area (Å²) in [4.78, 5) is 6.84. The van der Waals surface area contributed by atoms with Crippen molar-refractivity contribution in [3.05, 3.63) is 22.8 Å². The molecule has 0 aromatic carbocycles. The maximum Gasteiger partial charge on any atom is 0.126 e. The first-order chi connectivity index (χ1) is 9.00. The van der Waals surface area contributed by atoms with Crippen LogP contribution in [0, 0.1) is 0 Å². The van der Waals surface area contributed by atoms with E-state index in [0.29, 0.717) is 5.02 Å². The Balaban J connectivity index is 2.00. The van der Waals surface area contributed by atoms with Crippen molar-refractivity contribution in [2.75, 3.05) is 25.0 Å². The lowest BCUT2D eigenvalue weighted by Gasteiger charge is -2.35. The van der Waals surface area contributed by atoms with Gasteiger partial charge in [-0.05, 0) is 38.8 Å². The van der Waals surface area contributed by atoms with Crippen LogP contribution in [-0.4, -0.2) is 40.2 Å². The van der Waals surface area contributed by atoms with Crippen molar-refractivity contribution in [3.8, 4) is 0 Å². The van der Waals surface area contributed by atoms with E-state index in [-0.39, 0.29) is 0 Å². The van der Waals surface area contributed by atoms with E-state index in [2.05, 4.69) is 15.2 Å². The molecule has 0 atom stereocenters. The molecule has 0 unspecified atom stereocenters. The number of piperidine rings is 1. The summed E-state index contributed by atoms with van der Waals surface area (Å²) in [7, 11) is 0. The van der Waals surface area contributed by atoms with Crippen LogP contribution < -0.4 is 5.32 Å². The maximum absolute atomic E-state index is 9.95. The van der Waals surface area contributed by atoms with E-state index in [1.165, 1.54) is 0 Å². The van der Waals surface area contributed by atoms with Gasteiger partial charge in [-0.2, -0.15) is 0 Å². The predicted molar refractivity (Wildman–Crippen MR) is 78.5 cm³/mol. The molecule has 0 spiro atoms. The van der Waals surface area contributed by atoms with Crippen LogP contribution in [-0.2, 0) is 6.54 Å². The number of likely N-dealkylation sites (tertiary alicyclic amines) is 1. The monoisotopic (exact) mass is 283 g/mol. The molecule has 19 heavy (non-hydrogen) atoms. The first-order valence-corrected chi connectivity index (χ1v) is 7.22. The molecule has 1 aromatic rings. The second-order valence-corrected chi connectivity index (χ2v) is 5.84. The van der Waals surface area contributed by atoms with Crippen LogP contribution in [0.5, 0.6) is 0 Å². The van der Waals surface area contributed by atoms with Gasteiger partial charge in [-0.15, -0.1) is 0 Å². The number of nitrogens with zero attached hydrogens (tertiary/aromatic N) is 2. The lowest BCUT2D eigenvalue weighted by atomic mass is 9.94. The molecule has 1 aliphatic heterocycles. The molecule has 0 saturated carbocycles. The summed E-state index contributed by atoms with van der Waals surface area (Å²) in [6.07, 6.45) is 1.61. The highest BCUT2D eigenvalue weighted by molar-refractivity contribution is 6.31. The molecule has 0 bridgehead atoms. The molecule has 2 N–H and O–H groups in total. The number of aromatic nitrogens is 1. The number of hydrogen-bond donors (Lipinski definition) is 2. The van der Waals surface area contributed by atoms with Gasteiger partial charge in [0.1, 0.15) is 5.82 Å². The Morgan fingerprint density at radius 3 is 2.74 bits per heavy atom. The van der Waals surface area contributed by atoms with Crippen LogP contribution in [0.15, 0.2) is 12.1 Å². The summed E-state index contributed by atoms with van der Waals surface area (Å²) in [5.41, 5.74) is 0.390. The van der Waals surface area contributed by atoms with Gasteiger partial charge < -0.3 is 10.4 Å². The number of hydrogen-bond acceptors (Lipinski definition) is 4. The first-order valence-electron chi connectivity index (χ1n) is 6.84. The van der Waals surface area contributed by atoms with Crippen molar-refractivity contribution in [2.45, 2.75) is 38.8 Å². The summed E-state index contributed by atoms with van der Waals surface area (Å²) in [5, 5.41) is 13.9. The highest BCUT2D eigenvalue weighted by atomic mass is 35.5. The molecule has 0 aliphatic carbocycles. The van der Waals surface area contributed by atoms with Crippen molar-refractivity contribution in [2.24, 2.45) is 0 Å². The number of nitrogens with one attached hydrogen (secondary N) is 1. The van der Waals surface area contributed by atoms with Gasteiger partial charge >= 0.3 is 0 Å². The summed E-state index contributed by atoms with van der Waals surface area (Å²) in [6.45, 7) is 7.31. The van der Waals surface area contributed by atoms with Gasteiger partial charge in [0.15, 0.2) is 0 Å². The van der Waals surface area contributed by atoms with Gasteiger partial charge in [-0.25, -0.2) is 4.98 Å². The second-order valence-electron chi connectivity index (χ2n) is 5.43. The van der Waals surface area contributed by atoms with Crippen molar-refractivity contribution >= 4 is 17.4 Å². The number of anilines is 1. The number of pyridine rings is 1. The van der Waals surface area contributed by atoms with Crippen LogP contribution in [0.1, 0.15) is 32.4 Å². The maximum atomic E-state index is 9.95. The fourth-order valence-corrected chi connectivity index (χ4v) is 2.44. The normalized spacial score (nSPS) is 19.4. The smallest absolute Gasteiger partial charge is 0.126 e. The molecule has 2 rings (SSSR count). The summed E-state index contributed by atoms with van der Waals surface area (Å²) < 4.78 is 0. The van der Waals surface area contributed by atoms with E-state index < -0.39 is 5.60 Å². The zero-order chi connectivity index (χ0) is 13.9. The van der Waals surface area contributed by atoms with E-state index in [1.54, 1.807) is 0 Å². The van der Waals surface area contributed by atoms with Crippen molar-refractivity contribution < 1.29 is 5.11 Å². The molecule has 4 nitrogen and oxygen atoms in total. The van der Waals surface area contributed by atoms with Gasteiger partial charge in [0, 0.05) is 26.2 Å². The van der Waals surface area contributed by atoms with Gasteiger partial charge in [0.25, 0.3) is 0 Å². The molecular formula is C14H22ClN3O. The van der Waals surface area contributed by atoms with Crippen molar-refractivity contribution in [1.82, 2.24) is 9.88 Å². The Labute approximate surface area is 119 Å². The molecule has 2 heterocycles. The Hall–Kier alpha value is -0.840. The molecule has 1 aliphatic rings. The number of rotatable bonds is 4. The summed E-state index contributed by atoms with van der Waals surface area (Å²) >= 11 is 6.21. The zero-order valence-electron chi connectivity index (χ0n) is 11.6. The Bertz CT molecular complexity index is 427. The van der Waals surface area contributed by atoms with Gasteiger partial charge in [-0.3, -0.25) is 4.90 Å². The molecule has 1 fully saturated rings. The predicted octanol–water partition coefficient (Wildman–Crippen LogP) is 2.51. The van der Waals surface area contributed by atoms with Crippen LogP contribution in [0.4, 0.5) is 5.82 Å². The average molecular weight is 284 g/mol. The third-order valence-corrected chi connectivity index (χ3v) is 3.93. The molecule has 1 saturated heterocycles. The quantitative estimate of drug-likeness (QED) is 0.891. The number of aliphatic hydroxyl groups is 1. The molecule has 0 radical (unpaired) electrons. The molecular weight excluding hydrogens is 262 g/mol. The van der Waals surface area contributed by atoms with E-state index >= 15 is 0 Å². The lowest BCUT2D eigenvalue weighted by molar-refractivity contribution is -0.00755. The fourth-order valence-electron chi connectivity index (χ4n) is 2.28. The zero-order valence-corrected chi connectivity index (χ0v) is 12.4. The highest BCUT2D eigenvalue weighted by Crippen LogP contribution is 2.24. The van der Waals surface area contributed by atoms with Crippen molar-refractivity contribution in [3.63, 3.8) is 0 Å². The minimum absolute atomic E-state index is 0.515. The van der Waals surface area contributed by atoms with Gasteiger partial charge in [0.05, 0.1) is 16.3 Å². The van der Waals surface area contributed by atoms with E-state index in [1.807, 2.05) is 26.0 Å². The fraction of sp³-hybridized carbons (Fsp3) is 0.643. The summed E-state index contributed by atoms with van der Waals surface area (Å²) in [5.74, 6) is 0.867. The third kappa shape index (κ3) is 4.06. The Kier molecular flexibility index (Phi) is 4.66. The van der Waals surface area contributed by atoms with E-state index in [9.17, 15) is 5.11 Å². The van der Waals surface area contributed by atoms with Crippen LogP contribution >= 0.6 is 11.6 Å². The SMILES string of the molecule is CCNc1ccc(Cl)c(CN2CCC(C)(O)CC2)n1. The van der Waals surface area contributed by atoms with Gasteiger partial charge in [0.2, 0.25) is 0 Å². The van der Waals surface area contributed by atoms with Gasteiger partial charge in [-0.1, -0.05) is 11.6 Å². The summed E-state index contributed by atoms with van der Waals surface area (Å²) in [6, 6.07) is 3.79. The minimum Gasteiger partial charge on any atom is -0.390 e. The lowest BCUT2D eigenvalue weighted by Crippen LogP contribution is -2.42. The Morgan fingerprint density at radius 1 is 1.42 bits per heavy atom. The average Bonchev–Trinajstić information content (AvgIpc) is 2.36. The highest BCUT2D eigenvalue weighted by Gasteiger charge is 2.27. The minimum atomic E-state index is -0.515. The van der Waals surface area contributed by atoms with Crippen LogP contribution in [0.2, 0.25) is 5.02 Å². The molecule has 1 aromatic heterocycles. The standard InChI is InChI=1S/C14H22ClN3O/c1-3-16-13-5-4-11(15)12(17-13)10-18-8-6-14(2,19)7-9-18/h4-5,19H,3,6-10H2,1-2H3,(H,16,17). The number of halogens is 1. The first kappa shape index (κ1) is 14.6. The molecule has 0 amide bonds. The van der Waals surface area contributed by atoms with E-state index in [4.69, 9.17) is 11.6 Å². The molecule has 106 valence electrons. The second kappa shape index (κ2) is 6.07. The molecule has 5 heteroatoms. The Morgan fingerprint density at radius 2 is 2.11 bits per heavy atom. The third-order valence-electron chi connectivity index (χ3n) is 3.58. The largest absolute Gasteiger partial charge is 0.390 e. The topological polar surface area (TPSA) is 48.4 Å². The van der Waals surface area contributed by atoms with E-state index in [0.717, 1.165) is 50.5 Å².